The minimum atomic E-state index is -3.69. The van der Waals surface area contributed by atoms with E-state index < -0.39 is 16.0 Å². The molecule has 2 rings (SSSR count). The first-order chi connectivity index (χ1) is 11.8. The lowest BCUT2D eigenvalue weighted by molar-refractivity contribution is -0.137. The molecule has 0 bridgehead atoms. The topological polar surface area (TPSA) is 92.7 Å². The van der Waals surface area contributed by atoms with E-state index in [0.29, 0.717) is 23.4 Å². The Kier molecular flexibility index (Phi) is 6.65. The zero-order valence-electron chi connectivity index (χ0n) is 13.5. The SMILES string of the molecule is Cc1cc(S(=O)(=O)Nc2cccc(I)c2)ccc1OCCCC(=O)O. The lowest BCUT2D eigenvalue weighted by Gasteiger charge is -2.12. The summed E-state index contributed by atoms with van der Waals surface area (Å²) in [5, 5.41) is 8.60. The first-order valence-corrected chi connectivity index (χ1v) is 10.1. The summed E-state index contributed by atoms with van der Waals surface area (Å²) in [6.07, 6.45) is 0.425. The number of rotatable bonds is 8. The van der Waals surface area contributed by atoms with Crippen molar-refractivity contribution in [3.05, 3.63) is 51.6 Å². The van der Waals surface area contributed by atoms with Gasteiger partial charge in [0, 0.05) is 15.7 Å². The van der Waals surface area contributed by atoms with Crippen molar-refractivity contribution in [2.75, 3.05) is 11.3 Å². The molecule has 0 fully saturated rings. The van der Waals surface area contributed by atoms with Crippen LogP contribution in [-0.4, -0.2) is 26.1 Å². The molecule has 0 aliphatic heterocycles. The highest BCUT2D eigenvalue weighted by molar-refractivity contribution is 14.1. The van der Waals surface area contributed by atoms with Crippen LogP contribution in [0.4, 0.5) is 5.69 Å². The van der Waals surface area contributed by atoms with Crippen LogP contribution in [0, 0.1) is 10.5 Å². The molecule has 0 radical (unpaired) electrons. The number of sulfonamides is 1. The van der Waals surface area contributed by atoms with Crippen LogP contribution in [0.25, 0.3) is 0 Å². The van der Waals surface area contributed by atoms with E-state index in [-0.39, 0.29) is 17.9 Å². The molecule has 0 unspecified atom stereocenters. The number of anilines is 1. The molecular formula is C17H18INO5S. The van der Waals surface area contributed by atoms with Crippen LogP contribution in [-0.2, 0) is 14.8 Å². The summed E-state index contributed by atoms with van der Waals surface area (Å²) in [6, 6.07) is 11.7. The fourth-order valence-electron chi connectivity index (χ4n) is 2.12. The fourth-order valence-corrected chi connectivity index (χ4v) is 3.80. The molecule has 0 saturated carbocycles. The van der Waals surface area contributed by atoms with Gasteiger partial charge in [0.15, 0.2) is 0 Å². The number of carboxylic acid groups (broad SMARTS) is 1. The predicted octanol–water partition coefficient (Wildman–Crippen LogP) is 3.64. The Morgan fingerprint density at radius 3 is 2.64 bits per heavy atom. The predicted molar refractivity (Wildman–Crippen MR) is 104 cm³/mol. The molecule has 8 heteroatoms. The molecule has 0 saturated heterocycles. The molecule has 0 aromatic heterocycles. The molecule has 2 aromatic carbocycles. The Balaban J connectivity index is 2.09. The van der Waals surface area contributed by atoms with E-state index in [9.17, 15) is 13.2 Å². The number of carbonyl (C=O) groups is 1. The van der Waals surface area contributed by atoms with Crippen LogP contribution in [0.1, 0.15) is 18.4 Å². The summed E-state index contributed by atoms with van der Waals surface area (Å²) in [7, 11) is -3.69. The minimum absolute atomic E-state index is 0.0330. The van der Waals surface area contributed by atoms with E-state index in [1.807, 2.05) is 6.07 Å². The average Bonchev–Trinajstić information content (AvgIpc) is 2.52. The maximum absolute atomic E-state index is 12.5. The molecule has 0 heterocycles. The van der Waals surface area contributed by atoms with Crippen LogP contribution >= 0.6 is 22.6 Å². The Morgan fingerprint density at radius 2 is 2.00 bits per heavy atom. The van der Waals surface area contributed by atoms with E-state index in [0.717, 1.165) is 3.57 Å². The maximum Gasteiger partial charge on any atom is 0.303 e. The van der Waals surface area contributed by atoms with Gasteiger partial charge in [0.25, 0.3) is 10.0 Å². The highest BCUT2D eigenvalue weighted by Crippen LogP contribution is 2.24. The van der Waals surface area contributed by atoms with E-state index in [2.05, 4.69) is 27.3 Å². The Hall–Kier alpha value is -1.81. The van der Waals surface area contributed by atoms with E-state index in [4.69, 9.17) is 9.84 Å². The quantitative estimate of drug-likeness (QED) is 0.449. The highest BCUT2D eigenvalue weighted by Gasteiger charge is 2.16. The van der Waals surface area contributed by atoms with Crippen molar-refractivity contribution in [3.8, 4) is 5.75 Å². The fraction of sp³-hybridized carbons (Fsp3) is 0.235. The van der Waals surface area contributed by atoms with Crippen molar-refractivity contribution in [1.29, 1.82) is 0 Å². The van der Waals surface area contributed by atoms with Crippen LogP contribution < -0.4 is 9.46 Å². The van der Waals surface area contributed by atoms with Gasteiger partial charge in [-0.25, -0.2) is 8.42 Å². The smallest absolute Gasteiger partial charge is 0.303 e. The second kappa shape index (κ2) is 8.52. The van der Waals surface area contributed by atoms with Crippen LogP contribution in [0.3, 0.4) is 0 Å². The second-order valence-electron chi connectivity index (χ2n) is 5.39. The molecule has 0 aliphatic carbocycles. The van der Waals surface area contributed by atoms with E-state index in [1.165, 1.54) is 12.1 Å². The third kappa shape index (κ3) is 5.89. The average molecular weight is 475 g/mol. The standard InChI is InChI=1S/C17H18INO5S/c1-12-10-15(7-8-16(12)24-9-3-6-17(20)21)25(22,23)19-14-5-2-4-13(18)11-14/h2,4-5,7-8,10-11,19H,3,6,9H2,1H3,(H,20,21). The molecular weight excluding hydrogens is 457 g/mol. The summed E-state index contributed by atoms with van der Waals surface area (Å²) >= 11 is 2.11. The minimum Gasteiger partial charge on any atom is -0.493 e. The summed E-state index contributed by atoms with van der Waals surface area (Å²) in [4.78, 5) is 10.6. The van der Waals surface area contributed by atoms with Gasteiger partial charge in [0.05, 0.1) is 11.5 Å². The van der Waals surface area contributed by atoms with Crippen molar-refractivity contribution in [2.45, 2.75) is 24.7 Å². The Labute approximate surface area is 160 Å². The number of halogens is 1. The van der Waals surface area contributed by atoms with E-state index >= 15 is 0 Å². The van der Waals surface area contributed by atoms with Crippen molar-refractivity contribution < 1.29 is 23.1 Å². The molecule has 25 heavy (non-hydrogen) atoms. The number of aliphatic carboxylic acids is 1. The van der Waals surface area contributed by atoms with Crippen LogP contribution in [0.2, 0.25) is 0 Å². The first kappa shape index (κ1) is 19.5. The largest absolute Gasteiger partial charge is 0.493 e. The number of hydrogen-bond acceptors (Lipinski definition) is 4. The van der Waals surface area contributed by atoms with Gasteiger partial charge in [-0.2, -0.15) is 0 Å². The van der Waals surface area contributed by atoms with Crippen molar-refractivity contribution in [1.82, 2.24) is 0 Å². The molecule has 6 nitrogen and oxygen atoms in total. The second-order valence-corrected chi connectivity index (χ2v) is 8.32. The van der Waals surface area contributed by atoms with Crippen molar-refractivity contribution >= 4 is 44.3 Å². The van der Waals surface area contributed by atoms with Crippen molar-refractivity contribution in [2.24, 2.45) is 0 Å². The molecule has 134 valence electrons. The monoisotopic (exact) mass is 475 g/mol. The summed E-state index contributed by atoms with van der Waals surface area (Å²) in [5.74, 6) is -0.331. The Bertz CT molecular complexity index is 867. The van der Waals surface area contributed by atoms with Gasteiger partial charge in [-0.1, -0.05) is 6.07 Å². The maximum atomic E-state index is 12.5. The summed E-state index contributed by atoms with van der Waals surface area (Å²) in [5.41, 5.74) is 1.17. The number of benzene rings is 2. The highest BCUT2D eigenvalue weighted by atomic mass is 127. The van der Waals surface area contributed by atoms with Gasteiger partial charge in [-0.05, 0) is 77.9 Å². The lowest BCUT2D eigenvalue weighted by atomic mass is 10.2. The normalized spacial score (nSPS) is 11.1. The molecule has 2 aromatic rings. The van der Waals surface area contributed by atoms with Crippen LogP contribution in [0.15, 0.2) is 47.4 Å². The van der Waals surface area contributed by atoms with E-state index in [1.54, 1.807) is 31.2 Å². The zero-order valence-corrected chi connectivity index (χ0v) is 16.5. The third-order valence-corrected chi connectivity index (χ3v) is 5.38. The lowest BCUT2D eigenvalue weighted by Crippen LogP contribution is -2.13. The van der Waals surface area contributed by atoms with Gasteiger partial charge in [0.2, 0.25) is 0 Å². The van der Waals surface area contributed by atoms with Gasteiger partial charge < -0.3 is 9.84 Å². The molecule has 0 atom stereocenters. The van der Waals surface area contributed by atoms with Gasteiger partial charge >= 0.3 is 5.97 Å². The number of nitrogens with one attached hydrogen (secondary N) is 1. The Morgan fingerprint density at radius 1 is 1.24 bits per heavy atom. The first-order valence-electron chi connectivity index (χ1n) is 7.51. The van der Waals surface area contributed by atoms with Gasteiger partial charge in [-0.3, -0.25) is 9.52 Å². The van der Waals surface area contributed by atoms with Gasteiger partial charge in [0.1, 0.15) is 5.75 Å². The molecule has 2 N–H and O–H groups in total. The van der Waals surface area contributed by atoms with Gasteiger partial charge in [-0.15, -0.1) is 0 Å². The van der Waals surface area contributed by atoms with Crippen molar-refractivity contribution in [3.63, 3.8) is 0 Å². The molecule has 0 spiro atoms. The number of carboxylic acids is 1. The molecule has 0 amide bonds. The summed E-state index contributed by atoms with van der Waals surface area (Å²) < 4.78 is 34.0. The zero-order chi connectivity index (χ0) is 18.4. The number of ether oxygens (including phenoxy) is 1. The molecule has 0 aliphatic rings. The number of aryl methyl sites for hydroxylation is 1. The number of hydrogen-bond donors (Lipinski definition) is 2. The third-order valence-electron chi connectivity index (χ3n) is 3.33. The van der Waals surface area contributed by atoms with Crippen LogP contribution in [0.5, 0.6) is 5.75 Å². The summed E-state index contributed by atoms with van der Waals surface area (Å²) in [6.45, 7) is 2.01.